The topological polar surface area (TPSA) is 112 Å². The van der Waals surface area contributed by atoms with E-state index in [0.717, 1.165) is 47.4 Å². The number of allylic oxidation sites excluding steroid dienone is 5. The number of carbonyl (C=O) groups excluding carboxylic acids is 2. The Morgan fingerprint density at radius 2 is 1.87 bits per heavy atom. The molecule has 3 saturated carbocycles. The summed E-state index contributed by atoms with van der Waals surface area (Å²) in [5.41, 5.74) is 4.45. The fourth-order valence-electron chi connectivity index (χ4n) is 11.6. The van der Waals surface area contributed by atoms with Gasteiger partial charge in [0.1, 0.15) is 11.5 Å². The lowest BCUT2D eigenvalue weighted by atomic mass is 9.57. The normalized spacial score (nSPS) is 33.2. The zero-order valence-electron chi connectivity index (χ0n) is 34.2. The first kappa shape index (κ1) is 37.7. The molecule has 0 saturated heterocycles. The van der Waals surface area contributed by atoms with Crippen LogP contribution in [-0.4, -0.2) is 57.5 Å². The molecule has 9 unspecified atom stereocenters. The largest absolute Gasteiger partial charge is 0.495 e. The van der Waals surface area contributed by atoms with E-state index in [2.05, 4.69) is 77.3 Å². The number of Topliss-reactive ketones (excluding diaryl/α,β-unsaturated/α-hetero) is 1. The van der Waals surface area contributed by atoms with Crippen LogP contribution >= 0.6 is 0 Å². The van der Waals surface area contributed by atoms with Crippen molar-refractivity contribution in [3.63, 3.8) is 0 Å². The van der Waals surface area contributed by atoms with Crippen LogP contribution in [0.25, 0.3) is 6.08 Å². The van der Waals surface area contributed by atoms with Gasteiger partial charge < -0.3 is 23.9 Å². The number of fused-ring (bicyclic) bond motifs is 9. The van der Waals surface area contributed by atoms with Crippen molar-refractivity contribution in [3.8, 4) is 11.5 Å². The molecule has 1 spiro atoms. The first-order valence-corrected chi connectivity index (χ1v) is 20.2. The van der Waals surface area contributed by atoms with Crippen LogP contribution in [0, 0.1) is 35.0 Å². The Kier molecular flexibility index (Phi) is 9.02. The molecule has 0 radical (unpaired) electrons. The molecule has 9 nitrogen and oxygen atoms in total. The number of hydrogen-bond acceptors (Lipinski definition) is 8. The number of hydrogen-bond donors (Lipinski definition) is 1. The molecular weight excluding hydrogens is 691 g/mol. The van der Waals surface area contributed by atoms with Crippen molar-refractivity contribution in [1.82, 2.24) is 9.55 Å². The lowest BCUT2D eigenvalue weighted by Gasteiger charge is -2.56. The third-order valence-electron chi connectivity index (χ3n) is 14.0. The molecule has 0 amide bonds. The molecule has 2 aliphatic heterocycles. The lowest BCUT2D eigenvalue weighted by Crippen LogP contribution is -2.72. The molecule has 1 aromatic heterocycles. The number of aliphatic hydroxyl groups is 1. The minimum absolute atomic E-state index is 0.000968. The van der Waals surface area contributed by atoms with E-state index in [1.807, 2.05) is 6.20 Å². The van der Waals surface area contributed by atoms with E-state index in [4.69, 9.17) is 24.2 Å². The van der Waals surface area contributed by atoms with E-state index < -0.39 is 23.1 Å². The zero-order valence-corrected chi connectivity index (χ0v) is 34.2. The highest BCUT2D eigenvalue weighted by Crippen LogP contribution is 2.71. The molecule has 1 aromatic carbocycles. The Morgan fingerprint density at radius 1 is 1.13 bits per heavy atom. The predicted octanol–water partition coefficient (Wildman–Crippen LogP) is 8.82. The molecule has 3 heterocycles. The van der Waals surface area contributed by atoms with Crippen molar-refractivity contribution in [2.24, 2.45) is 40.0 Å². The van der Waals surface area contributed by atoms with Crippen LogP contribution in [0.3, 0.4) is 0 Å². The highest BCUT2D eigenvalue weighted by molar-refractivity contribution is 6.13. The average Bonchev–Trinajstić information content (AvgIpc) is 3.75. The van der Waals surface area contributed by atoms with Crippen LogP contribution in [-0.2, 0) is 20.7 Å². The summed E-state index contributed by atoms with van der Waals surface area (Å²) in [6.07, 6.45) is 18.6. The van der Waals surface area contributed by atoms with Crippen LogP contribution in [0.2, 0.25) is 0 Å². The first-order valence-electron chi connectivity index (χ1n) is 20.2. The third-order valence-corrected chi connectivity index (χ3v) is 14.0. The number of esters is 1. The van der Waals surface area contributed by atoms with Gasteiger partial charge in [0, 0.05) is 47.9 Å². The van der Waals surface area contributed by atoms with Gasteiger partial charge in [-0.2, -0.15) is 0 Å². The maximum absolute atomic E-state index is 14.8. The van der Waals surface area contributed by atoms with Gasteiger partial charge in [-0.3, -0.25) is 4.79 Å². The minimum atomic E-state index is -1.97. The molecule has 1 N–H and O–H groups in total. The fraction of sp³-hybridized carbons (Fsp3) is 0.565. The van der Waals surface area contributed by atoms with E-state index in [-0.39, 0.29) is 47.8 Å². The number of carbonyl (C=O) groups is 2. The Balaban J connectivity index is 1.43. The Morgan fingerprint density at radius 3 is 2.55 bits per heavy atom. The molecule has 3 fully saturated rings. The molecule has 9 heteroatoms. The summed E-state index contributed by atoms with van der Waals surface area (Å²) in [5, 5.41) is 13.4. The van der Waals surface area contributed by atoms with Gasteiger partial charge in [0.15, 0.2) is 17.0 Å². The van der Waals surface area contributed by atoms with Crippen molar-refractivity contribution in [3.05, 3.63) is 75.7 Å². The second-order valence-electron chi connectivity index (χ2n) is 18.1. The van der Waals surface area contributed by atoms with Crippen molar-refractivity contribution in [2.75, 3.05) is 14.2 Å². The number of ketones is 1. The van der Waals surface area contributed by atoms with Crippen LogP contribution < -0.4 is 9.47 Å². The van der Waals surface area contributed by atoms with E-state index >= 15 is 0 Å². The molecule has 2 aromatic rings. The Hall–Kier alpha value is -4.24. The van der Waals surface area contributed by atoms with Crippen molar-refractivity contribution >= 4 is 29.5 Å². The summed E-state index contributed by atoms with van der Waals surface area (Å²) < 4.78 is 21.4. The number of ether oxygens (including phenoxy) is 3. The number of aliphatic imine (C=N–C) groups is 1. The van der Waals surface area contributed by atoms with Crippen LogP contribution in [0.15, 0.2) is 58.4 Å². The highest BCUT2D eigenvalue weighted by atomic mass is 16.5. The van der Waals surface area contributed by atoms with Gasteiger partial charge in [0.05, 0.1) is 37.5 Å². The van der Waals surface area contributed by atoms with E-state index in [9.17, 15) is 14.7 Å². The fourth-order valence-corrected chi connectivity index (χ4v) is 11.6. The van der Waals surface area contributed by atoms with Crippen molar-refractivity contribution in [2.45, 2.75) is 117 Å². The van der Waals surface area contributed by atoms with Crippen molar-refractivity contribution < 1.29 is 28.9 Å². The summed E-state index contributed by atoms with van der Waals surface area (Å²) in [6, 6.07) is -0.235. The van der Waals surface area contributed by atoms with Crippen LogP contribution in [0.1, 0.15) is 122 Å². The van der Waals surface area contributed by atoms with E-state index in [1.165, 1.54) is 23.8 Å². The zero-order chi connectivity index (χ0) is 39.4. The smallest absolute Gasteiger partial charge is 0.333 e. The first-order chi connectivity index (χ1) is 26.1. The number of rotatable bonds is 10. The maximum atomic E-state index is 14.8. The van der Waals surface area contributed by atoms with Crippen LogP contribution in [0.5, 0.6) is 11.5 Å². The molecular formula is C46H57N3O6. The number of methoxy groups -OCH3 is 2. The monoisotopic (exact) mass is 747 g/mol. The number of nitrogens with zero attached hydrogens (tertiary/aromatic N) is 3. The molecule has 6 aliphatic rings. The SMILES string of the molecule is COC(=O)C(C)=CCC1(O)C(=O)CC2C3C4C(=Nc5nccn53)c3c(OC)c5c(c(CC=C(C)C)c3OC41C2C(C)C)C1CC1C(C)(CCC=C(C)C)C=C5. The van der Waals surface area contributed by atoms with Gasteiger partial charge in [-0.05, 0) is 95.0 Å². The Bertz CT molecular complexity index is 2130. The summed E-state index contributed by atoms with van der Waals surface area (Å²) >= 11 is 0. The van der Waals surface area contributed by atoms with Crippen LogP contribution in [0.4, 0.5) is 5.95 Å². The summed E-state index contributed by atoms with van der Waals surface area (Å²) in [4.78, 5) is 37.5. The lowest BCUT2D eigenvalue weighted by molar-refractivity contribution is -0.199. The Labute approximate surface area is 325 Å². The average molecular weight is 748 g/mol. The third kappa shape index (κ3) is 5.34. The number of imidazole rings is 1. The van der Waals surface area contributed by atoms with Crippen molar-refractivity contribution in [1.29, 1.82) is 0 Å². The molecule has 4 aliphatic carbocycles. The highest BCUT2D eigenvalue weighted by Gasteiger charge is 2.79. The summed E-state index contributed by atoms with van der Waals surface area (Å²) in [5.74, 6) is 1.13. The van der Waals surface area contributed by atoms with E-state index in [0.29, 0.717) is 35.5 Å². The quantitative estimate of drug-likeness (QED) is 0.147. The number of aromatic nitrogens is 2. The standard InChI is InChI=1S/C46H57N3O6/c1-24(2)12-11-17-44(8)18-16-29-34(30-22-32(30)44)28(14-13-25(3)4)41-35(40(29)53-9)38-37-39(49-21-20-47-43(49)48-38)31-23-33(50)45(52,19-15-27(7)42(51)54-10)46(37,55-41)36(31)26(5)6/h12-13,15-16,18,20-21,26,30-32,36-37,39,52H,11,14,17,19,22-23H2,1-10H3. The van der Waals surface area contributed by atoms with Gasteiger partial charge in [-0.1, -0.05) is 62.3 Å². The molecule has 55 heavy (non-hydrogen) atoms. The molecule has 9 atom stereocenters. The van der Waals surface area contributed by atoms with Gasteiger partial charge in [0.2, 0.25) is 5.95 Å². The second kappa shape index (κ2) is 13.2. The van der Waals surface area contributed by atoms with Gasteiger partial charge in [0.25, 0.3) is 0 Å². The summed E-state index contributed by atoms with van der Waals surface area (Å²) in [6.45, 7) is 17.0. The van der Waals surface area contributed by atoms with Gasteiger partial charge in [-0.25, -0.2) is 14.8 Å². The second-order valence-corrected chi connectivity index (χ2v) is 18.1. The predicted molar refractivity (Wildman–Crippen MR) is 214 cm³/mol. The maximum Gasteiger partial charge on any atom is 0.333 e. The van der Waals surface area contributed by atoms with Gasteiger partial charge in [-0.15, -0.1) is 0 Å². The van der Waals surface area contributed by atoms with E-state index in [1.54, 1.807) is 26.3 Å². The molecule has 8 rings (SSSR count). The summed E-state index contributed by atoms with van der Waals surface area (Å²) in [7, 11) is 3.07. The molecule has 2 bridgehead atoms. The van der Waals surface area contributed by atoms with Gasteiger partial charge >= 0.3 is 5.97 Å². The molecule has 292 valence electrons. The minimum Gasteiger partial charge on any atom is -0.495 e. The number of benzene rings is 1.